The summed E-state index contributed by atoms with van der Waals surface area (Å²) in [5.41, 5.74) is 20.0. The quantitative estimate of drug-likeness (QED) is 0.0474. The molecule has 0 bridgehead atoms. The standard InChI is InChI=1S/C24H19NO2.C23H17NO.C21H20N2O.C21H19NO3.C21H19NO2/c1-27-22-15-13-21(14-16-22)25(20-11-9-18(17-26)10-12-20)24-8-4-6-19-5-2-3-7-23(19)24;25-17-18-13-15-21(16-14-18)24(20-9-2-1-3-10-20)23-12-6-8-19-7-4-5-11-22(19)23;1-22(2)18-12-14-21(15-13-18)23(19-6-4-3-5-7-19)20-10-8-17(16-24)9-11-20;1-24-20-11-7-18(8-12-20)22(17-5-3-16(15-23)4-6-17)19-9-13-21(25-2)14-10-19;1-2-24-21-14-12-20(13-15-21)22(18-6-4-3-5-7-18)19-10-8-17(16-23)9-11-19/h2-17H,1H3;1-17H;3-16H,1-2H3;3-15H,1-2H3;3-16H,2H2,1H3. The summed E-state index contributed by atoms with van der Waals surface area (Å²) in [7, 11) is 9.02. The lowest BCUT2D eigenvalue weighted by atomic mass is 10.1. The number of rotatable bonds is 26. The molecule has 618 valence electrons. The minimum absolute atomic E-state index is 0.646. The first-order chi connectivity index (χ1) is 61.4. The van der Waals surface area contributed by atoms with Crippen LogP contribution in [0.3, 0.4) is 0 Å². The molecule has 17 aromatic carbocycles. The Morgan fingerprint density at radius 2 is 0.408 bits per heavy atom. The SMILES string of the molecule is CCOc1ccc(N(c2ccccc2)c2ccc(C=O)cc2)cc1.CN(C)c1ccc(N(c2ccccc2)c2ccc(C=O)cc2)cc1.COc1ccc(N(c2ccc(C=O)cc2)c2ccc(OC)cc2)cc1.COc1ccc(N(c2ccc(C=O)cc2)c2cccc3ccccc23)cc1.O=Cc1ccc(N(c2ccccc2)c2cccc3ccccc23)cc1. The molecule has 0 saturated carbocycles. The van der Waals surface area contributed by atoms with Crippen molar-refractivity contribution in [2.45, 2.75) is 6.92 Å². The number of ether oxygens (including phenoxy) is 4. The van der Waals surface area contributed by atoms with Crippen molar-refractivity contribution in [3.05, 3.63) is 446 Å². The second-order valence-electron chi connectivity index (χ2n) is 28.7. The van der Waals surface area contributed by atoms with Gasteiger partial charge in [0.15, 0.2) is 0 Å². The largest absolute Gasteiger partial charge is 0.497 e. The van der Waals surface area contributed by atoms with E-state index in [-0.39, 0.29) is 0 Å². The van der Waals surface area contributed by atoms with Crippen molar-refractivity contribution in [1.29, 1.82) is 0 Å². The zero-order valence-corrected chi connectivity index (χ0v) is 70.3. The van der Waals surface area contributed by atoms with E-state index in [1.54, 1.807) is 21.3 Å². The Balaban J connectivity index is 0.000000134. The highest BCUT2D eigenvalue weighted by atomic mass is 16.5. The van der Waals surface area contributed by atoms with E-state index in [1.807, 2.05) is 306 Å². The highest BCUT2D eigenvalue weighted by Crippen LogP contribution is 2.44. The molecular weight excluding hydrogens is 1550 g/mol. The van der Waals surface area contributed by atoms with Crippen LogP contribution in [0.5, 0.6) is 23.0 Å². The molecule has 0 atom stereocenters. The second-order valence-corrected chi connectivity index (χ2v) is 28.7. The van der Waals surface area contributed by atoms with Crippen LogP contribution in [0.4, 0.5) is 91.0 Å². The van der Waals surface area contributed by atoms with E-state index in [9.17, 15) is 24.0 Å². The highest BCUT2D eigenvalue weighted by molar-refractivity contribution is 6.01. The van der Waals surface area contributed by atoms with Gasteiger partial charge in [-0.1, -0.05) is 127 Å². The molecule has 0 amide bonds. The van der Waals surface area contributed by atoms with E-state index in [0.717, 1.165) is 151 Å². The number of benzene rings is 17. The Hall–Kier alpha value is -16.4. The molecule has 15 nitrogen and oxygen atoms in total. The van der Waals surface area contributed by atoms with Crippen LogP contribution in [0.2, 0.25) is 0 Å². The van der Waals surface area contributed by atoms with Gasteiger partial charge >= 0.3 is 0 Å². The van der Waals surface area contributed by atoms with Crippen LogP contribution in [-0.2, 0) is 0 Å². The van der Waals surface area contributed by atoms with Gasteiger partial charge in [0, 0.05) is 132 Å². The number of hydrogen-bond donors (Lipinski definition) is 0. The maximum Gasteiger partial charge on any atom is 0.150 e. The van der Waals surface area contributed by atoms with Crippen LogP contribution in [0, 0.1) is 0 Å². The Morgan fingerprint density at radius 1 is 0.208 bits per heavy atom. The van der Waals surface area contributed by atoms with Gasteiger partial charge in [-0.05, 0) is 309 Å². The van der Waals surface area contributed by atoms with Gasteiger partial charge in [-0.25, -0.2) is 0 Å². The molecule has 17 aromatic rings. The van der Waals surface area contributed by atoms with Crippen LogP contribution in [0.25, 0.3) is 21.5 Å². The van der Waals surface area contributed by atoms with E-state index < -0.39 is 0 Å². The summed E-state index contributed by atoms with van der Waals surface area (Å²) in [5, 5.41) is 4.73. The lowest BCUT2D eigenvalue weighted by Gasteiger charge is -2.27. The normalized spacial score (nSPS) is 10.4. The molecule has 0 N–H and O–H groups in total. The molecule has 17 rings (SSSR count). The average molecular weight is 1640 g/mol. The molecule has 0 fully saturated rings. The molecular formula is C110H94N6O9. The number of hydrogen-bond acceptors (Lipinski definition) is 15. The van der Waals surface area contributed by atoms with Gasteiger partial charge in [0.1, 0.15) is 54.4 Å². The molecule has 0 aliphatic heterocycles. The first kappa shape index (κ1) is 86.5. The molecule has 15 heteroatoms. The van der Waals surface area contributed by atoms with Crippen LogP contribution >= 0.6 is 0 Å². The smallest absolute Gasteiger partial charge is 0.150 e. The van der Waals surface area contributed by atoms with Gasteiger partial charge in [-0.2, -0.15) is 0 Å². The Bertz CT molecular complexity index is 6220. The van der Waals surface area contributed by atoms with E-state index in [1.165, 1.54) is 16.2 Å². The van der Waals surface area contributed by atoms with Crippen molar-refractivity contribution in [2.24, 2.45) is 0 Å². The van der Waals surface area contributed by atoms with Crippen molar-refractivity contribution in [1.82, 2.24) is 0 Å². The van der Waals surface area contributed by atoms with Gasteiger partial charge in [0.05, 0.1) is 39.3 Å². The van der Waals surface area contributed by atoms with Gasteiger partial charge in [-0.15, -0.1) is 0 Å². The zero-order valence-electron chi connectivity index (χ0n) is 70.3. The maximum atomic E-state index is 11.0. The van der Waals surface area contributed by atoms with Crippen LogP contribution in [0.15, 0.2) is 419 Å². The number of aldehydes is 5. The zero-order chi connectivity index (χ0) is 87.1. The van der Waals surface area contributed by atoms with Gasteiger partial charge in [-0.3, -0.25) is 24.0 Å². The van der Waals surface area contributed by atoms with Crippen molar-refractivity contribution in [2.75, 3.05) is 71.4 Å². The molecule has 0 aliphatic carbocycles. The van der Waals surface area contributed by atoms with E-state index in [0.29, 0.717) is 34.4 Å². The Kier molecular flexibility index (Phi) is 30.1. The number of anilines is 16. The number of methoxy groups -OCH3 is 3. The molecule has 125 heavy (non-hydrogen) atoms. The van der Waals surface area contributed by atoms with Crippen molar-refractivity contribution >= 4 is 144 Å². The summed E-state index contributed by atoms with van der Waals surface area (Å²) in [6.45, 7) is 2.62. The monoisotopic (exact) mass is 1640 g/mol. The number of carbonyl (C=O) groups excluding carboxylic acids is 5. The summed E-state index contributed by atoms with van der Waals surface area (Å²) in [5.74, 6) is 3.27. The first-order valence-electron chi connectivity index (χ1n) is 40.7. The van der Waals surface area contributed by atoms with Crippen molar-refractivity contribution < 1.29 is 42.9 Å². The predicted molar refractivity (Wildman–Crippen MR) is 513 cm³/mol. The molecule has 0 saturated heterocycles. The highest BCUT2D eigenvalue weighted by Gasteiger charge is 2.20. The third-order valence-electron chi connectivity index (χ3n) is 20.5. The summed E-state index contributed by atoms with van der Waals surface area (Å²) < 4.78 is 21.3. The molecule has 0 unspecified atom stereocenters. The molecule has 0 aromatic heterocycles. The minimum atomic E-state index is 0.646. The summed E-state index contributed by atoms with van der Waals surface area (Å²) in [6.07, 6.45) is 4.29. The summed E-state index contributed by atoms with van der Waals surface area (Å²) >= 11 is 0. The van der Waals surface area contributed by atoms with E-state index in [4.69, 9.17) is 18.9 Å². The fraction of sp³-hybridized carbons (Fsp3) is 0.0636. The molecule has 0 spiro atoms. The van der Waals surface area contributed by atoms with Crippen LogP contribution in [0.1, 0.15) is 58.7 Å². The maximum absolute atomic E-state index is 11.0. The van der Waals surface area contributed by atoms with Crippen molar-refractivity contribution in [3.63, 3.8) is 0 Å². The number of carbonyl (C=O) groups is 5. The minimum Gasteiger partial charge on any atom is -0.497 e. The topological polar surface area (TPSA) is 142 Å². The van der Waals surface area contributed by atoms with Crippen molar-refractivity contribution in [3.8, 4) is 23.0 Å². The molecule has 0 aliphatic rings. The number of fused-ring (bicyclic) bond motifs is 2. The average Bonchev–Trinajstić information content (AvgIpc) is 0.785. The van der Waals surface area contributed by atoms with Gasteiger partial charge < -0.3 is 48.3 Å². The Labute approximate surface area is 730 Å². The van der Waals surface area contributed by atoms with E-state index in [2.05, 4.69) is 163 Å². The van der Waals surface area contributed by atoms with Gasteiger partial charge in [0.25, 0.3) is 0 Å². The van der Waals surface area contributed by atoms with E-state index >= 15 is 0 Å². The fourth-order valence-corrected chi connectivity index (χ4v) is 14.2. The second kappa shape index (κ2) is 43.5. The Morgan fingerprint density at radius 3 is 0.656 bits per heavy atom. The third kappa shape index (κ3) is 22.2. The predicted octanol–water partition coefficient (Wildman–Crippen LogP) is 27.6. The lowest BCUT2D eigenvalue weighted by molar-refractivity contribution is 0.111. The number of para-hydroxylation sites is 3. The summed E-state index contributed by atoms with van der Waals surface area (Å²) in [6, 6.07) is 138. The lowest BCUT2D eigenvalue weighted by Crippen LogP contribution is -2.11. The van der Waals surface area contributed by atoms with Crippen LogP contribution in [-0.4, -0.2) is 73.5 Å². The number of nitrogens with zero attached hydrogens (tertiary/aromatic N) is 6. The van der Waals surface area contributed by atoms with Crippen LogP contribution < -0.4 is 48.3 Å². The summed E-state index contributed by atoms with van der Waals surface area (Å²) in [4.78, 5) is 67.7. The first-order valence-corrected chi connectivity index (χ1v) is 40.7. The molecule has 0 radical (unpaired) electrons. The fourth-order valence-electron chi connectivity index (χ4n) is 14.2. The van der Waals surface area contributed by atoms with Gasteiger partial charge in [0.2, 0.25) is 0 Å². The third-order valence-corrected chi connectivity index (χ3v) is 20.5. The molecule has 0 heterocycles.